The third kappa shape index (κ3) is 4.57. The van der Waals surface area contributed by atoms with Crippen LogP contribution >= 0.6 is 0 Å². The van der Waals surface area contributed by atoms with Crippen molar-refractivity contribution in [1.29, 1.82) is 0 Å². The molecule has 0 bridgehead atoms. The maximum atomic E-state index is 12.4. The summed E-state index contributed by atoms with van der Waals surface area (Å²) in [5, 5.41) is 0. The summed E-state index contributed by atoms with van der Waals surface area (Å²) in [6.07, 6.45) is 0.918. The van der Waals surface area contributed by atoms with Gasteiger partial charge in [0.25, 0.3) is 0 Å². The topological polar surface area (TPSA) is 66.9 Å². The highest BCUT2D eigenvalue weighted by Crippen LogP contribution is 2.21. The third-order valence-corrected chi connectivity index (χ3v) is 4.09. The SMILES string of the molecule is COC(=O)CCCC(=O)N1CCN(c2cc(C)cc(C)c2)C(=O)C1. The van der Waals surface area contributed by atoms with Crippen molar-refractivity contribution in [1.82, 2.24) is 4.90 Å². The Balaban J connectivity index is 1.91. The van der Waals surface area contributed by atoms with Crippen LogP contribution < -0.4 is 4.90 Å². The van der Waals surface area contributed by atoms with E-state index in [1.54, 1.807) is 9.80 Å². The molecular weight excluding hydrogens is 308 g/mol. The van der Waals surface area contributed by atoms with Crippen LogP contribution in [0, 0.1) is 13.8 Å². The minimum absolute atomic E-state index is 0.0763. The van der Waals surface area contributed by atoms with Crippen LogP contribution in [0.25, 0.3) is 0 Å². The van der Waals surface area contributed by atoms with Crippen molar-refractivity contribution in [2.75, 3.05) is 31.6 Å². The Morgan fingerprint density at radius 2 is 1.75 bits per heavy atom. The molecule has 6 heteroatoms. The fraction of sp³-hybridized carbons (Fsp3) is 0.500. The van der Waals surface area contributed by atoms with Crippen LogP contribution in [0.4, 0.5) is 5.69 Å². The molecule has 24 heavy (non-hydrogen) atoms. The first-order valence-electron chi connectivity index (χ1n) is 8.14. The smallest absolute Gasteiger partial charge is 0.305 e. The lowest BCUT2D eigenvalue weighted by atomic mass is 10.1. The van der Waals surface area contributed by atoms with Gasteiger partial charge in [-0.25, -0.2) is 0 Å². The molecule has 1 aromatic carbocycles. The van der Waals surface area contributed by atoms with Crippen molar-refractivity contribution in [2.45, 2.75) is 33.1 Å². The zero-order chi connectivity index (χ0) is 17.7. The molecule has 1 fully saturated rings. The number of piperazine rings is 1. The standard InChI is InChI=1S/C18H24N2O4/c1-13-9-14(2)11-15(10-13)20-8-7-19(12-17(20)22)16(21)5-4-6-18(23)24-3/h9-11H,4-8,12H2,1-3H3. The second-order valence-electron chi connectivity index (χ2n) is 6.14. The highest BCUT2D eigenvalue weighted by molar-refractivity contribution is 5.98. The average molecular weight is 332 g/mol. The molecule has 0 unspecified atom stereocenters. The number of anilines is 1. The summed E-state index contributed by atoms with van der Waals surface area (Å²) in [5.41, 5.74) is 3.11. The van der Waals surface area contributed by atoms with Gasteiger partial charge in [-0.2, -0.15) is 0 Å². The zero-order valence-electron chi connectivity index (χ0n) is 14.5. The molecule has 0 N–H and O–H groups in total. The van der Waals surface area contributed by atoms with Crippen LogP contribution in [0.3, 0.4) is 0 Å². The largest absolute Gasteiger partial charge is 0.469 e. The molecule has 0 spiro atoms. The lowest BCUT2D eigenvalue weighted by Gasteiger charge is -2.34. The Morgan fingerprint density at radius 1 is 1.08 bits per heavy atom. The normalized spacial score (nSPS) is 14.7. The van der Waals surface area contributed by atoms with Gasteiger partial charge in [-0.3, -0.25) is 14.4 Å². The van der Waals surface area contributed by atoms with Gasteiger partial charge in [0.2, 0.25) is 11.8 Å². The average Bonchev–Trinajstić information content (AvgIpc) is 2.53. The number of esters is 1. The minimum atomic E-state index is -0.321. The fourth-order valence-electron chi connectivity index (χ4n) is 2.91. The van der Waals surface area contributed by atoms with Crippen LogP contribution in [-0.4, -0.2) is 49.4 Å². The van der Waals surface area contributed by atoms with Crippen molar-refractivity contribution >= 4 is 23.5 Å². The molecule has 1 aliphatic heterocycles. The predicted octanol–water partition coefficient (Wildman–Crippen LogP) is 1.82. The molecule has 1 aromatic rings. The fourth-order valence-corrected chi connectivity index (χ4v) is 2.91. The van der Waals surface area contributed by atoms with E-state index in [0.29, 0.717) is 19.5 Å². The van der Waals surface area contributed by atoms with Crippen LogP contribution in [0.1, 0.15) is 30.4 Å². The first-order valence-corrected chi connectivity index (χ1v) is 8.14. The lowest BCUT2D eigenvalue weighted by Crippen LogP contribution is -2.52. The molecule has 1 saturated heterocycles. The maximum Gasteiger partial charge on any atom is 0.305 e. The number of carbonyl (C=O) groups is 3. The summed E-state index contributed by atoms with van der Waals surface area (Å²) in [5.74, 6) is -0.488. The molecule has 6 nitrogen and oxygen atoms in total. The Kier molecular flexibility index (Phi) is 5.95. The van der Waals surface area contributed by atoms with Gasteiger partial charge in [-0.1, -0.05) is 6.07 Å². The van der Waals surface area contributed by atoms with E-state index >= 15 is 0 Å². The van der Waals surface area contributed by atoms with Gasteiger partial charge >= 0.3 is 5.97 Å². The third-order valence-electron chi connectivity index (χ3n) is 4.09. The lowest BCUT2D eigenvalue weighted by molar-refractivity contribution is -0.141. The number of amides is 2. The summed E-state index contributed by atoms with van der Waals surface area (Å²) in [6, 6.07) is 6.03. The van der Waals surface area contributed by atoms with E-state index in [1.165, 1.54) is 7.11 Å². The highest BCUT2D eigenvalue weighted by atomic mass is 16.5. The van der Waals surface area contributed by atoms with Crippen LogP contribution in [0.15, 0.2) is 18.2 Å². The number of hydrogen-bond donors (Lipinski definition) is 0. The Hall–Kier alpha value is -2.37. The minimum Gasteiger partial charge on any atom is -0.469 e. The number of methoxy groups -OCH3 is 1. The molecule has 0 atom stereocenters. The molecule has 0 aromatic heterocycles. The van der Waals surface area contributed by atoms with E-state index in [2.05, 4.69) is 10.8 Å². The van der Waals surface area contributed by atoms with Gasteiger partial charge in [0.1, 0.15) is 6.54 Å². The summed E-state index contributed by atoms with van der Waals surface area (Å²) >= 11 is 0. The van der Waals surface area contributed by atoms with Gasteiger partial charge < -0.3 is 14.5 Å². The van der Waals surface area contributed by atoms with E-state index in [0.717, 1.165) is 16.8 Å². The van der Waals surface area contributed by atoms with Crippen LogP contribution in [-0.2, 0) is 19.1 Å². The molecule has 130 valence electrons. The summed E-state index contributed by atoms with van der Waals surface area (Å²) in [4.78, 5) is 39.0. The second kappa shape index (κ2) is 7.95. The number of nitrogens with zero attached hydrogens (tertiary/aromatic N) is 2. The van der Waals surface area contributed by atoms with E-state index in [4.69, 9.17) is 0 Å². The van der Waals surface area contributed by atoms with E-state index in [-0.39, 0.29) is 37.2 Å². The first-order chi connectivity index (χ1) is 11.4. The van der Waals surface area contributed by atoms with Crippen molar-refractivity contribution < 1.29 is 19.1 Å². The molecule has 1 aliphatic rings. The van der Waals surface area contributed by atoms with Crippen molar-refractivity contribution in [3.63, 3.8) is 0 Å². The summed E-state index contributed by atoms with van der Waals surface area (Å²) in [6.45, 7) is 5.09. The van der Waals surface area contributed by atoms with Gasteiger partial charge in [0.05, 0.1) is 7.11 Å². The predicted molar refractivity (Wildman–Crippen MR) is 90.7 cm³/mol. The Morgan fingerprint density at radius 3 is 2.33 bits per heavy atom. The van der Waals surface area contributed by atoms with Gasteiger partial charge in [0.15, 0.2) is 0 Å². The number of hydrogen-bond acceptors (Lipinski definition) is 4. The Labute approximate surface area is 142 Å². The van der Waals surface area contributed by atoms with Crippen molar-refractivity contribution in [2.24, 2.45) is 0 Å². The molecule has 0 radical (unpaired) electrons. The zero-order valence-corrected chi connectivity index (χ0v) is 14.5. The summed E-state index contributed by atoms with van der Waals surface area (Å²) < 4.78 is 4.55. The number of rotatable bonds is 5. The number of benzene rings is 1. The van der Waals surface area contributed by atoms with Crippen LogP contribution in [0.5, 0.6) is 0 Å². The van der Waals surface area contributed by atoms with E-state index < -0.39 is 0 Å². The number of aryl methyl sites for hydroxylation is 2. The molecule has 0 saturated carbocycles. The van der Waals surface area contributed by atoms with E-state index in [1.807, 2.05) is 26.0 Å². The monoisotopic (exact) mass is 332 g/mol. The summed E-state index contributed by atoms with van der Waals surface area (Å²) in [7, 11) is 1.33. The Bertz CT molecular complexity index is 622. The maximum absolute atomic E-state index is 12.4. The van der Waals surface area contributed by atoms with Crippen molar-refractivity contribution in [3.8, 4) is 0 Å². The van der Waals surface area contributed by atoms with E-state index in [9.17, 15) is 14.4 Å². The molecule has 2 rings (SSSR count). The number of ether oxygens (including phenoxy) is 1. The molecule has 2 amide bonds. The number of carbonyl (C=O) groups excluding carboxylic acids is 3. The molecule has 0 aliphatic carbocycles. The van der Waals surface area contributed by atoms with Crippen molar-refractivity contribution in [3.05, 3.63) is 29.3 Å². The van der Waals surface area contributed by atoms with Gasteiger partial charge in [-0.05, 0) is 43.5 Å². The van der Waals surface area contributed by atoms with Gasteiger partial charge in [0, 0.05) is 31.6 Å². The second-order valence-corrected chi connectivity index (χ2v) is 6.14. The molecular formula is C18H24N2O4. The van der Waals surface area contributed by atoms with Gasteiger partial charge in [-0.15, -0.1) is 0 Å². The molecule has 1 heterocycles. The highest BCUT2D eigenvalue weighted by Gasteiger charge is 2.27. The van der Waals surface area contributed by atoms with Crippen LogP contribution in [0.2, 0.25) is 0 Å². The quantitative estimate of drug-likeness (QED) is 0.772. The first kappa shape index (κ1) is 18.0.